The molecule has 0 atom stereocenters. The zero-order valence-corrected chi connectivity index (χ0v) is 9.53. The van der Waals surface area contributed by atoms with E-state index in [0.717, 1.165) is 17.7 Å². The summed E-state index contributed by atoms with van der Waals surface area (Å²) in [6.07, 6.45) is 2.27. The second-order valence-corrected chi connectivity index (χ2v) is 3.67. The largest absolute Gasteiger partial charge is 0.396 e. The third-order valence-electron chi connectivity index (χ3n) is 2.54. The number of rotatable bonds is 3. The molecule has 2 aromatic rings. The maximum Gasteiger partial charge on any atom is 0.275 e. The number of hydrogen-bond acceptors (Lipinski definition) is 3. The molecule has 1 aromatic carbocycles. The first-order valence-electron chi connectivity index (χ1n) is 5.40. The molecule has 0 saturated heterocycles. The predicted molar refractivity (Wildman–Crippen MR) is 66.8 cm³/mol. The number of benzene rings is 1. The van der Waals surface area contributed by atoms with Gasteiger partial charge < -0.3 is 11.1 Å². The Kier molecular flexibility index (Phi) is 3.09. The SMILES string of the molecule is CCc1ccccc1NC(=O)c1[nH]ncc1N. The molecule has 4 N–H and O–H groups in total. The molecule has 0 bridgehead atoms. The van der Waals surface area contributed by atoms with Crippen LogP contribution >= 0.6 is 0 Å². The van der Waals surface area contributed by atoms with E-state index in [1.54, 1.807) is 0 Å². The summed E-state index contributed by atoms with van der Waals surface area (Å²) in [4.78, 5) is 11.9. The fourth-order valence-electron chi connectivity index (χ4n) is 1.61. The number of aryl methyl sites for hydroxylation is 1. The fourth-order valence-corrected chi connectivity index (χ4v) is 1.61. The lowest BCUT2D eigenvalue weighted by atomic mass is 10.1. The van der Waals surface area contributed by atoms with Crippen LogP contribution in [0.25, 0.3) is 0 Å². The van der Waals surface area contributed by atoms with E-state index in [1.165, 1.54) is 6.20 Å². The van der Waals surface area contributed by atoms with Gasteiger partial charge in [0.2, 0.25) is 0 Å². The number of amides is 1. The lowest BCUT2D eigenvalue weighted by Crippen LogP contribution is -2.15. The van der Waals surface area contributed by atoms with Gasteiger partial charge >= 0.3 is 0 Å². The van der Waals surface area contributed by atoms with Crippen LogP contribution < -0.4 is 11.1 Å². The Hall–Kier alpha value is -2.30. The summed E-state index contributed by atoms with van der Waals surface area (Å²) >= 11 is 0. The average molecular weight is 230 g/mol. The molecular formula is C12H14N4O. The van der Waals surface area contributed by atoms with Crippen LogP contribution in [0.2, 0.25) is 0 Å². The van der Waals surface area contributed by atoms with Gasteiger partial charge in [-0.15, -0.1) is 0 Å². The van der Waals surface area contributed by atoms with E-state index in [4.69, 9.17) is 5.73 Å². The molecule has 0 unspecified atom stereocenters. The highest BCUT2D eigenvalue weighted by molar-refractivity contribution is 6.06. The number of nitrogens with two attached hydrogens (primary N) is 1. The number of aromatic nitrogens is 2. The van der Waals surface area contributed by atoms with Crippen molar-refractivity contribution in [3.05, 3.63) is 41.7 Å². The number of nitrogens with zero attached hydrogens (tertiary/aromatic N) is 1. The fraction of sp³-hybridized carbons (Fsp3) is 0.167. The van der Waals surface area contributed by atoms with Gasteiger partial charge in [-0.2, -0.15) is 5.10 Å². The van der Waals surface area contributed by atoms with E-state index in [2.05, 4.69) is 15.5 Å². The molecule has 1 amide bonds. The molecule has 17 heavy (non-hydrogen) atoms. The number of aromatic amines is 1. The Morgan fingerprint density at radius 1 is 1.47 bits per heavy atom. The summed E-state index contributed by atoms with van der Waals surface area (Å²) in [6.45, 7) is 2.04. The number of H-pyrrole nitrogens is 1. The summed E-state index contributed by atoms with van der Waals surface area (Å²) in [5.41, 5.74) is 8.13. The standard InChI is InChI=1S/C12H14N4O/c1-2-8-5-3-4-6-10(8)15-12(17)11-9(13)7-14-16-11/h3-7H,2,13H2,1H3,(H,14,16)(H,15,17). The molecular weight excluding hydrogens is 216 g/mol. The Morgan fingerprint density at radius 2 is 2.24 bits per heavy atom. The highest BCUT2D eigenvalue weighted by Gasteiger charge is 2.12. The van der Waals surface area contributed by atoms with Gasteiger partial charge in [0.15, 0.2) is 0 Å². The smallest absolute Gasteiger partial charge is 0.275 e. The number of carbonyl (C=O) groups excluding carboxylic acids is 1. The topological polar surface area (TPSA) is 83.8 Å². The van der Waals surface area contributed by atoms with E-state index in [9.17, 15) is 4.79 Å². The maximum absolute atomic E-state index is 11.9. The zero-order chi connectivity index (χ0) is 12.3. The first-order chi connectivity index (χ1) is 8.22. The van der Waals surface area contributed by atoms with Gasteiger partial charge in [-0.05, 0) is 18.1 Å². The highest BCUT2D eigenvalue weighted by atomic mass is 16.2. The minimum atomic E-state index is -0.277. The summed E-state index contributed by atoms with van der Waals surface area (Å²) in [6, 6.07) is 7.67. The van der Waals surface area contributed by atoms with Gasteiger partial charge in [0.25, 0.3) is 5.91 Å². The summed E-state index contributed by atoms with van der Waals surface area (Å²) in [5, 5.41) is 9.11. The van der Waals surface area contributed by atoms with E-state index in [0.29, 0.717) is 5.69 Å². The molecule has 0 aliphatic heterocycles. The quantitative estimate of drug-likeness (QED) is 0.751. The van der Waals surface area contributed by atoms with Gasteiger partial charge in [-0.3, -0.25) is 9.89 Å². The Labute approximate surface area is 99.0 Å². The van der Waals surface area contributed by atoms with Crippen molar-refractivity contribution < 1.29 is 4.79 Å². The summed E-state index contributed by atoms with van der Waals surface area (Å²) < 4.78 is 0. The number of para-hydroxylation sites is 1. The molecule has 88 valence electrons. The molecule has 0 radical (unpaired) electrons. The number of nitrogen functional groups attached to an aromatic ring is 1. The van der Waals surface area contributed by atoms with Crippen molar-refractivity contribution in [3.8, 4) is 0 Å². The molecule has 0 fully saturated rings. The zero-order valence-electron chi connectivity index (χ0n) is 9.53. The van der Waals surface area contributed by atoms with Crippen LogP contribution in [0.3, 0.4) is 0 Å². The molecule has 1 heterocycles. The Morgan fingerprint density at radius 3 is 2.88 bits per heavy atom. The summed E-state index contributed by atoms with van der Waals surface area (Å²) in [7, 11) is 0. The third kappa shape index (κ3) is 2.28. The predicted octanol–water partition coefficient (Wildman–Crippen LogP) is 1.81. The molecule has 2 rings (SSSR count). The highest BCUT2D eigenvalue weighted by Crippen LogP contribution is 2.17. The van der Waals surface area contributed by atoms with E-state index in [-0.39, 0.29) is 11.6 Å². The van der Waals surface area contributed by atoms with Crippen LogP contribution in [0.5, 0.6) is 0 Å². The molecule has 0 spiro atoms. The maximum atomic E-state index is 11.9. The number of carbonyl (C=O) groups is 1. The van der Waals surface area contributed by atoms with E-state index >= 15 is 0 Å². The van der Waals surface area contributed by atoms with E-state index < -0.39 is 0 Å². The monoisotopic (exact) mass is 230 g/mol. The van der Waals surface area contributed by atoms with Crippen LogP contribution in [-0.2, 0) is 6.42 Å². The van der Waals surface area contributed by atoms with Gasteiger partial charge in [-0.1, -0.05) is 25.1 Å². The molecule has 1 aromatic heterocycles. The molecule has 0 aliphatic carbocycles. The average Bonchev–Trinajstić information content (AvgIpc) is 2.76. The summed E-state index contributed by atoms with van der Waals surface area (Å²) in [5.74, 6) is -0.277. The van der Waals surface area contributed by atoms with Gasteiger partial charge in [0.1, 0.15) is 5.69 Å². The number of anilines is 2. The van der Waals surface area contributed by atoms with Crippen LogP contribution in [0.1, 0.15) is 23.0 Å². The lowest BCUT2D eigenvalue weighted by Gasteiger charge is -2.08. The van der Waals surface area contributed by atoms with Crippen LogP contribution in [0.15, 0.2) is 30.5 Å². The normalized spacial score (nSPS) is 10.2. The molecule has 0 aliphatic rings. The van der Waals surface area contributed by atoms with Crippen LogP contribution in [0.4, 0.5) is 11.4 Å². The van der Waals surface area contributed by atoms with Crippen molar-refractivity contribution in [1.82, 2.24) is 10.2 Å². The Bertz CT molecular complexity index is 533. The van der Waals surface area contributed by atoms with Crippen molar-refractivity contribution in [1.29, 1.82) is 0 Å². The van der Waals surface area contributed by atoms with Crippen LogP contribution in [-0.4, -0.2) is 16.1 Å². The van der Waals surface area contributed by atoms with Crippen molar-refractivity contribution >= 4 is 17.3 Å². The first-order valence-corrected chi connectivity index (χ1v) is 5.40. The molecule has 5 heteroatoms. The van der Waals surface area contributed by atoms with Crippen molar-refractivity contribution in [2.45, 2.75) is 13.3 Å². The minimum absolute atomic E-state index is 0.277. The van der Waals surface area contributed by atoms with Gasteiger partial charge in [0, 0.05) is 5.69 Å². The van der Waals surface area contributed by atoms with Gasteiger partial charge in [0.05, 0.1) is 11.9 Å². The van der Waals surface area contributed by atoms with E-state index in [1.807, 2.05) is 31.2 Å². The van der Waals surface area contributed by atoms with Crippen LogP contribution in [0, 0.1) is 0 Å². The second-order valence-electron chi connectivity index (χ2n) is 3.67. The first kappa shape index (κ1) is 11.2. The third-order valence-corrected chi connectivity index (χ3v) is 2.54. The van der Waals surface area contributed by atoms with Crippen molar-refractivity contribution in [2.75, 3.05) is 11.1 Å². The molecule has 5 nitrogen and oxygen atoms in total. The second kappa shape index (κ2) is 4.69. The van der Waals surface area contributed by atoms with Crippen molar-refractivity contribution in [2.24, 2.45) is 0 Å². The minimum Gasteiger partial charge on any atom is -0.396 e. The van der Waals surface area contributed by atoms with Gasteiger partial charge in [-0.25, -0.2) is 0 Å². The Balaban J connectivity index is 2.22. The molecule has 0 saturated carbocycles. The van der Waals surface area contributed by atoms with Crippen molar-refractivity contribution in [3.63, 3.8) is 0 Å². The number of nitrogens with one attached hydrogen (secondary N) is 2. The number of hydrogen-bond donors (Lipinski definition) is 3. The lowest BCUT2D eigenvalue weighted by molar-refractivity contribution is 0.102.